The van der Waals surface area contributed by atoms with Crippen LogP contribution in [0.5, 0.6) is 0 Å². The van der Waals surface area contributed by atoms with Gasteiger partial charge in [0.1, 0.15) is 0 Å². The van der Waals surface area contributed by atoms with Crippen molar-refractivity contribution in [2.24, 2.45) is 22.7 Å². The van der Waals surface area contributed by atoms with E-state index in [0.717, 1.165) is 49.1 Å². The number of fused-ring (bicyclic) bond motifs is 2. The Hall–Kier alpha value is -1.10. The SMILES string of the molecule is CCC1(CC)CC2CC(CC)(CC)C(O)C2C1O.[Ir].[c-]1c(-c2ccccn2)sc2ccccc12. The summed E-state index contributed by atoms with van der Waals surface area (Å²) in [5, 5.41) is 22.7. The second-order valence-electron chi connectivity index (χ2n) is 10.0. The molecule has 0 bridgehead atoms. The monoisotopic (exact) mass is 657 g/mol. The first kappa shape index (κ1) is 27.5. The molecule has 0 amide bonds. The van der Waals surface area contributed by atoms with Crippen LogP contribution in [0, 0.1) is 28.7 Å². The van der Waals surface area contributed by atoms with Crippen molar-refractivity contribution in [2.75, 3.05) is 0 Å². The average molecular weight is 657 g/mol. The van der Waals surface area contributed by atoms with E-state index in [1.807, 2.05) is 30.5 Å². The van der Waals surface area contributed by atoms with Crippen molar-refractivity contribution in [1.82, 2.24) is 4.98 Å². The van der Waals surface area contributed by atoms with Gasteiger partial charge in [-0.2, -0.15) is 0 Å². The van der Waals surface area contributed by atoms with Crippen molar-refractivity contribution in [3.8, 4) is 10.6 Å². The molecule has 2 fully saturated rings. The molecule has 2 atom stereocenters. The molecule has 2 N–H and O–H groups in total. The maximum Gasteiger partial charge on any atom is 0.0651 e. The van der Waals surface area contributed by atoms with Gasteiger partial charge in [-0.15, -0.1) is 23.6 Å². The Morgan fingerprint density at radius 1 is 0.882 bits per heavy atom. The van der Waals surface area contributed by atoms with Crippen LogP contribution in [0.4, 0.5) is 0 Å². The van der Waals surface area contributed by atoms with Gasteiger partial charge >= 0.3 is 0 Å². The molecule has 2 aliphatic rings. The largest absolute Gasteiger partial charge is 0.392 e. The molecule has 2 aliphatic carbocycles. The second kappa shape index (κ2) is 11.3. The van der Waals surface area contributed by atoms with E-state index >= 15 is 0 Å². The molecule has 5 heteroatoms. The third-order valence-electron chi connectivity index (χ3n) is 8.93. The van der Waals surface area contributed by atoms with E-state index in [9.17, 15) is 10.2 Å². The van der Waals surface area contributed by atoms with Crippen molar-refractivity contribution in [3.63, 3.8) is 0 Å². The first-order valence-corrected chi connectivity index (χ1v) is 13.4. The predicted octanol–water partition coefficient (Wildman–Crippen LogP) is 7.12. The van der Waals surface area contributed by atoms with E-state index in [2.05, 4.69) is 56.9 Å². The number of benzene rings is 1. The molecule has 1 radical (unpaired) electrons. The number of hydrogen-bond acceptors (Lipinski definition) is 4. The Balaban J connectivity index is 0.000000187. The van der Waals surface area contributed by atoms with Crippen molar-refractivity contribution in [3.05, 3.63) is 54.7 Å². The van der Waals surface area contributed by atoms with Crippen LogP contribution in [0.25, 0.3) is 20.7 Å². The Kier molecular flexibility index (Phi) is 9.14. The Bertz CT molecular complexity index is 983. The zero-order chi connectivity index (χ0) is 23.6. The van der Waals surface area contributed by atoms with Gasteiger partial charge < -0.3 is 15.2 Å². The van der Waals surface area contributed by atoms with Gasteiger partial charge in [0.05, 0.1) is 12.2 Å². The normalized spacial score (nSPS) is 26.4. The summed E-state index contributed by atoms with van der Waals surface area (Å²) in [5.41, 5.74) is 1.15. The molecule has 1 aromatic carbocycles. The molecule has 34 heavy (non-hydrogen) atoms. The van der Waals surface area contributed by atoms with Crippen LogP contribution in [-0.4, -0.2) is 27.4 Å². The van der Waals surface area contributed by atoms with Crippen molar-refractivity contribution >= 4 is 21.4 Å². The first-order valence-electron chi connectivity index (χ1n) is 12.6. The van der Waals surface area contributed by atoms with Crippen LogP contribution in [0.3, 0.4) is 0 Å². The summed E-state index contributed by atoms with van der Waals surface area (Å²) in [6.07, 6.45) is 7.60. The van der Waals surface area contributed by atoms with Gasteiger partial charge in [-0.25, -0.2) is 11.3 Å². The van der Waals surface area contributed by atoms with Gasteiger partial charge in [-0.05, 0) is 70.9 Å². The van der Waals surface area contributed by atoms with Gasteiger partial charge in [0, 0.05) is 37.9 Å². The smallest absolute Gasteiger partial charge is 0.0651 e. The molecule has 2 saturated carbocycles. The fourth-order valence-electron chi connectivity index (χ4n) is 6.58. The number of aliphatic hydroxyl groups is 2. The summed E-state index contributed by atoms with van der Waals surface area (Å²) >= 11 is 1.73. The number of pyridine rings is 1. The Labute approximate surface area is 222 Å². The molecule has 2 heterocycles. The van der Waals surface area contributed by atoms with Gasteiger partial charge in [-0.1, -0.05) is 52.0 Å². The third kappa shape index (κ3) is 4.80. The van der Waals surface area contributed by atoms with Gasteiger partial charge in [0.15, 0.2) is 0 Å². The second-order valence-corrected chi connectivity index (χ2v) is 11.1. The van der Waals surface area contributed by atoms with E-state index < -0.39 is 0 Å². The molecule has 2 aromatic heterocycles. The summed E-state index contributed by atoms with van der Waals surface area (Å²) in [4.78, 5) is 5.43. The molecule has 2 unspecified atom stereocenters. The number of rotatable bonds is 5. The predicted molar refractivity (Wildman–Crippen MR) is 138 cm³/mol. The van der Waals surface area contributed by atoms with Gasteiger partial charge in [0.25, 0.3) is 0 Å². The number of aromatic nitrogens is 1. The Morgan fingerprint density at radius 3 is 1.91 bits per heavy atom. The number of hydrogen-bond donors (Lipinski definition) is 2. The van der Waals surface area contributed by atoms with Crippen molar-refractivity contribution in [1.29, 1.82) is 0 Å². The quantitative estimate of drug-likeness (QED) is 0.288. The summed E-state index contributed by atoms with van der Waals surface area (Å²) < 4.78 is 1.26. The molecule has 0 aliphatic heterocycles. The number of nitrogens with zero attached hydrogens (tertiary/aromatic N) is 1. The molecule has 3 nitrogen and oxygen atoms in total. The van der Waals surface area contributed by atoms with Gasteiger partial charge in [0.2, 0.25) is 0 Å². The maximum atomic E-state index is 10.7. The topological polar surface area (TPSA) is 53.4 Å². The van der Waals surface area contributed by atoms with Crippen LogP contribution < -0.4 is 0 Å². The van der Waals surface area contributed by atoms with Gasteiger partial charge in [-0.3, -0.25) is 0 Å². The summed E-state index contributed by atoms with van der Waals surface area (Å²) in [5.74, 6) is 0.666. The first-order chi connectivity index (χ1) is 15.9. The fraction of sp³-hybridized carbons (Fsp3) is 0.552. The van der Waals surface area contributed by atoms with Crippen molar-refractivity contribution < 1.29 is 30.3 Å². The minimum atomic E-state index is -0.299. The number of thiophene rings is 1. The minimum absolute atomic E-state index is 0. The van der Waals surface area contributed by atoms with Crippen molar-refractivity contribution in [2.45, 2.75) is 78.4 Å². The molecule has 0 saturated heterocycles. The zero-order valence-electron chi connectivity index (χ0n) is 20.8. The third-order valence-corrected chi connectivity index (χ3v) is 10.0. The summed E-state index contributed by atoms with van der Waals surface area (Å²) in [6, 6.07) is 17.6. The zero-order valence-corrected chi connectivity index (χ0v) is 24.0. The molecular weight excluding hydrogens is 619 g/mol. The van der Waals surface area contributed by atoms with Crippen LogP contribution in [0.2, 0.25) is 0 Å². The van der Waals surface area contributed by atoms with Crippen LogP contribution >= 0.6 is 11.3 Å². The van der Waals surface area contributed by atoms with E-state index in [1.165, 1.54) is 10.1 Å². The molecule has 0 spiro atoms. The van der Waals surface area contributed by atoms with E-state index in [4.69, 9.17) is 0 Å². The molecule has 5 rings (SSSR count). The Morgan fingerprint density at radius 2 is 1.44 bits per heavy atom. The van der Waals surface area contributed by atoms with E-state index in [-0.39, 0.29) is 49.1 Å². The van der Waals surface area contributed by atoms with Crippen LogP contribution in [-0.2, 0) is 20.1 Å². The molecular formula is C29H38IrNO2S-. The van der Waals surface area contributed by atoms with E-state index in [0.29, 0.717) is 5.92 Å². The fourth-order valence-corrected chi connectivity index (χ4v) is 7.56. The maximum absolute atomic E-state index is 10.7. The van der Waals surface area contributed by atoms with Crippen LogP contribution in [0.1, 0.15) is 66.2 Å². The standard InChI is InChI=1S/C16H30O2.C13H8NS.Ir/c1-5-15(6-2)9-11-10-16(7-3,8-4)14(18)12(11)13(15)17;1-2-7-12-10(5-1)9-13(15-12)11-6-3-4-8-14-11;/h11-14,17-18H,5-10H2,1-4H3;1-8H;/q;-1;. The summed E-state index contributed by atoms with van der Waals surface area (Å²) in [6.45, 7) is 8.75. The minimum Gasteiger partial charge on any atom is -0.392 e. The average Bonchev–Trinajstić information content (AvgIpc) is 3.50. The van der Waals surface area contributed by atoms with E-state index in [1.54, 1.807) is 11.3 Å². The molecule has 187 valence electrons. The summed E-state index contributed by atoms with van der Waals surface area (Å²) in [7, 11) is 0. The molecule has 3 aromatic rings. The number of aliphatic hydroxyl groups excluding tert-OH is 2. The van der Waals surface area contributed by atoms with Crippen LogP contribution in [0.15, 0.2) is 48.7 Å².